The number of pyridine rings is 1. The lowest BCUT2D eigenvalue weighted by Crippen LogP contribution is -2.10. The third-order valence-electron chi connectivity index (χ3n) is 3.18. The van der Waals surface area contributed by atoms with Gasteiger partial charge >= 0.3 is 0 Å². The van der Waals surface area contributed by atoms with Gasteiger partial charge in [-0.15, -0.1) is 0 Å². The van der Waals surface area contributed by atoms with E-state index in [9.17, 15) is 0 Å². The number of hydrogen-bond donors (Lipinski definition) is 1. The van der Waals surface area contributed by atoms with Gasteiger partial charge in [-0.2, -0.15) is 4.98 Å². The molecule has 0 fully saturated rings. The smallest absolute Gasteiger partial charge is 0.259 e. The van der Waals surface area contributed by atoms with E-state index >= 15 is 0 Å². The quantitative estimate of drug-likeness (QED) is 0.790. The van der Waals surface area contributed by atoms with Crippen LogP contribution in [-0.4, -0.2) is 21.2 Å². The highest BCUT2D eigenvalue weighted by Gasteiger charge is 2.11. The first-order valence-electron chi connectivity index (χ1n) is 7.25. The number of hydrogen-bond acceptors (Lipinski definition) is 5. The van der Waals surface area contributed by atoms with Crippen molar-refractivity contribution in [2.24, 2.45) is 0 Å². The molecule has 2 heterocycles. The van der Waals surface area contributed by atoms with Gasteiger partial charge in [0.2, 0.25) is 5.82 Å². The molecule has 5 nitrogen and oxygen atoms in total. The number of aromatic nitrogens is 3. The molecule has 5 heteroatoms. The molecule has 0 saturated heterocycles. The van der Waals surface area contributed by atoms with E-state index in [2.05, 4.69) is 34.3 Å². The molecule has 0 atom stereocenters. The minimum Gasteiger partial charge on any atom is -0.368 e. The summed E-state index contributed by atoms with van der Waals surface area (Å²) in [6, 6.07) is 12.2. The molecule has 1 aromatic carbocycles. The van der Waals surface area contributed by atoms with E-state index < -0.39 is 0 Å². The monoisotopic (exact) mass is 294 g/mol. The Hall–Kier alpha value is -2.69. The molecule has 112 valence electrons. The Kier molecular flexibility index (Phi) is 3.87. The maximum Gasteiger partial charge on any atom is 0.259 e. The Morgan fingerprint density at radius 3 is 2.36 bits per heavy atom. The minimum absolute atomic E-state index is 0.342. The summed E-state index contributed by atoms with van der Waals surface area (Å²) in [6.07, 6.45) is 1.73. The normalized spacial score (nSPS) is 10.9. The Bertz CT molecular complexity index is 745. The molecule has 0 aliphatic carbocycles. The van der Waals surface area contributed by atoms with Crippen LogP contribution in [-0.2, 0) is 0 Å². The fraction of sp³-hybridized carbons (Fsp3) is 0.235. The Morgan fingerprint density at radius 2 is 1.73 bits per heavy atom. The van der Waals surface area contributed by atoms with Gasteiger partial charge in [-0.25, -0.2) is 4.98 Å². The number of rotatable bonds is 4. The van der Waals surface area contributed by atoms with Crippen molar-refractivity contribution < 1.29 is 4.52 Å². The average Bonchev–Trinajstić information content (AvgIpc) is 2.98. The molecule has 1 N–H and O–H groups in total. The first kappa shape index (κ1) is 14.3. The molecular formula is C17H18N4O. The molecule has 0 aliphatic heterocycles. The second kappa shape index (κ2) is 5.97. The van der Waals surface area contributed by atoms with Gasteiger partial charge in [-0.3, -0.25) is 0 Å². The summed E-state index contributed by atoms with van der Waals surface area (Å²) < 4.78 is 5.33. The topological polar surface area (TPSA) is 63.8 Å². The van der Waals surface area contributed by atoms with E-state index in [1.54, 1.807) is 6.20 Å². The van der Waals surface area contributed by atoms with Crippen LogP contribution in [0.4, 0.5) is 5.82 Å². The molecular weight excluding hydrogens is 276 g/mol. The molecule has 0 saturated carbocycles. The lowest BCUT2D eigenvalue weighted by atomic mass is 10.1. The Balaban J connectivity index is 1.82. The van der Waals surface area contributed by atoms with Crippen LogP contribution >= 0.6 is 0 Å². The fourth-order valence-electron chi connectivity index (χ4n) is 2.06. The summed E-state index contributed by atoms with van der Waals surface area (Å²) in [5.74, 6) is 1.88. The van der Waals surface area contributed by atoms with Gasteiger partial charge in [-0.1, -0.05) is 35.0 Å². The van der Waals surface area contributed by atoms with Gasteiger partial charge in [0.1, 0.15) is 5.82 Å². The summed E-state index contributed by atoms with van der Waals surface area (Å²) in [7, 11) is 0. The van der Waals surface area contributed by atoms with Crippen molar-refractivity contribution in [1.82, 2.24) is 15.1 Å². The van der Waals surface area contributed by atoms with Gasteiger partial charge < -0.3 is 9.84 Å². The molecule has 0 aliphatic rings. The van der Waals surface area contributed by atoms with Crippen molar-refractivity contribution in [1.29, 1.82) is 0 Å². The molecule has 0 radical (unpaired) electrons. The maximum atomic E-state index is 5.33. The van der Waals surface area contributed by atoms with E-state index in [1.807, 2.05) is 43.3 Å². The van der Waals surface area contributed by atoms with Crippen molar-refractivity contribution >= 4 is 5.82 Å². The molecule has 2 aromatic heterocycles. The van der Waals surface area contributed by atoms with Crippen LogP contribution in [0, 0.1) is 6.92 Å². The first-order chi connectivity index (χ1) is 10.6. The number of aryl methyl sites for hydroxylation is 1. The van der Waals surface area contributed by atoms with Crippen molar-refractivity contribution in [3.05, 3.63) is 48.2 Å². The van der Waals surface area contributed by atoms with Gasteiger partial charge in [0.15, 0.2) is 0 Å². The van der Waals surface area contributed by atoms with Crippen LogP contribution < -0.4 is 5.32 Å². The fourth-order valence-corrected chi connectivity index (χ4v) is 2.06. The third kappa shape index (κ3) is 3.14. The Labute approximate surface area is 129 Å². The number of nitrogens with zero attached hydrogens (tertiary/aromatic N) is 3. The minimum atomic E-state index is 0.342. The highest BCUT2D eigenvalue weighted by atomic mass is 16.5. The lowest BCUT2D eigenvalue weighted by Gasteiger charge is -2.08. The summed E-state index contributed by atoms with van der Waals surface area (Å²) in [5.41, 5.74) is 2.94. The average molecular weight is 294 g/mol. The van der Waals surface area contributed by atoms with Crippen LogP contribution in [0.25, 0.3) is 22.8 Å². The van der Waals surface area contributed by atoms with Gasteiger partial charge in [0, 0.05) is 17.8 Å². The van der Waals surface area contributed by atoms with Crippen LogP contribution in [0.15, 0.2) is 47.1 Å². The molecule has 3 aromatic rings. The van der Waals surface area contributed by atoms with Gasteiger partial charge in [0.25, 0.3) is 5.89 Å². The maximum absolute atomic E-state index is 5.33. The largest absolute Gasteiger partial charge is 0.368 e. The molecule has 0 amide bonds. The van der Waals surface area contributed by atoms with Gasteiger partial charge in [0.05, 0.1) is 5.56 Å². The Morgan fingerprint density at radius 1 is 1.00 bits per heavy atom. The zero-order chi connectivity index (χ0) is 15.5. The second-order valence-electron chi connectivity index (χ2n) is 5.52. The zero-order valence-electron chi connectivity index (χ0n) is 12.9. The van der Waals surface area contributed by atoms with E-state index in [4.69, 9.17) is 4.52 Å². The lowest BCUT2D eigenvalue weighted by molar-refractivity contribution is 0.432. The highest BCUT2D eigenvalue weighted by molar-refractivity contribution is 5.60. The highest BCUT2D eigenvalue weighted by Crippen LogP contribution is 2.22. The second-order valence-corrected chi connectivity index (χ2v) is 5.52. The predicted molar refractivity (Wildman–Crippen MR) is 86.5 cm³/mol. The number of nitrogens with one attached hydrogen (secondary N) is 1. The van der Waals surface area contributed by atoms with E-state index in [0.717, 1.165) is 16.9 Å². The van der Waals surface area contributed by atoms with E-state index in [0.29, 0.717) is 17.8 Å². The van der Waals surface area contributed by atoms with E-state index in [1.165, 1.54) is 5.56 Å². The summed E-state index contributed by atoms with van der Waals surface area (Å²) >= 11 is 0. The molecule has 0 spiro atoms. The molecule has 0 unspecified atom stereocenters. The first-order valence-corrected chi connectivity index (χ1v) is 7.25. The predicted octanol–water partition coefficient (Wildman–Crippen LogP) is 3.93. The van der Waals surface area contributed by atoms with Crippen molar-refractivity contribution in [2.75, 3.05) is 5.32 Å². The van der Waals surface area contributed by atoms with E-state index in [-0.39, 0.29) is 0 Å². The molecule has 0 bridgehead atoms. The summed E-state index contributed by atoms with van der Waals surface area (Å²) in [4.78, 5) is 8.78. The molecule has 3 rings (SSSR count). The van der Waals surface area contributed by atoms with Gasteiger partial charge in [-0.05, 0) is 32.9 Å². The van der Waals surface area contributed by atoms with Crippen molar-refractivity contribution in [3.8, 4) is 22.8 Å². The SMILES string of the molecule is Cc1ccc(-c2noc(-c3ccc(NC(C)C)nc3)n2)cc1. The van der Waals surface area contributed by atoms with Crippen molar-refractivity contribution in [2.45, 2.75) is 26.8 Å². The van der Waals surface area contributed by atoms with Crippen LogP contribution in [0.5, 0.6) is 0 Å². The number of anilines is 1. The summed E-state index contributed by atoms with van der Waals surface area (Å²) in [6.45, 7) is 6.19. The summed E-state index contributed by atoms with van der Waals surface area (Å²) in [5, 5.41) is 7.28. The number of benzene rings is 1. The third-order valence-corrected chi connectivity index (χ3v) is 3.18. The zero-order valence-corrected chi connectivity index (χ0v) is 12.9. The molecule has 22 heavy (non-hydrogen) atoms. The van der Waals surface area contributed by atoms with Crippen LogP contribution in [0.2, 0.25) is 0 Å². The van der Waals surface area contributed by atoms with Crippen LogP contribution in [0.1, 0.15) is 19.4 Å². The van der Waals surface area contributed by atoms with Crippen molar-refractivity contribution in [3.63, 3.8) is 0 Å². The van der Waals surface area contributed by atoms with Crippen LogP contribution in [0.3, 0.4) is 0 Å². The standard InChI is InChI=1S/C17H18N4O/c1-11(2)19-15-9-8-14(10-18-15)17-20-16(21-22-17)13-6-4-12(3)5-7-13/h4-11H,1-3H3,(H,18,19).